The second-order valence-electron chi connectivity index (χ2n) is 21.7. The van der Waals surface area contributed by atoms with Gasteiger partial charge in [0, 0.05) is 32.2 Å². The van der Waals surface area contributed by atoms with E-state index in [0.29, 0.717) is 19.3 Å². The minimum absolute atomic E-state index is 0.0693. The highest BCUT2D eigenvalue weighted by molar-refractivity contribution is 5.78. The molecule has 0 unspecified atom stereocenters. The maximum absolute atomic E-state index is 13.6. The minimum Gasteiger partial charge on any atom is -0.480 e. The minimum atomic E-state index is -1.53. The van der Waals surface area contributed by atoms with Crippen molar-refractivity contribution in [3.8, 4) is 0 Å². The largest absolute Gasteiger partial charge is 0.480 e. The van der Waals surface area contributed by atoms with Gasteiger partial charge in [0.25, 0.3) is 0 Å². The molecule has 0 aromatic heterocycles. The number of ether oxygens (including phenoxy) is 3. The summed E-state index contributed by atoms with van der Waals surface area (Å²) >= 11 is 0. The van der Waals surface area contributed by atoms with Gasteiger partial charge in [0.2, 0.25) is 5.91 Å². The molecule has 0 atom stereocenters. The third-order valence-electron chi connectivity index (χ3n) is 14.0. The number of likely N-dealkylation sites (N-methyl/N-ethyl adjacent to an activating group) is 1. The maximum Gasteiger partial charge on any atom is 0.317 e. The van der Waals surface area contributed by atoms with E-state index in [1.54, 1.807) is 7.05 Å². The molecule has 0 bridgehead atoms. The van der Waals surface area contributed by atoms with Crippen LogP contribution < -0.4 is 5.32 Å². The number of unbranched alkanes of at least 4 members (excludes halogenated alkanes) is 33. The molecule has 2 N–H and O–H groups in total. The number of nitrogens with zero attached hydrogens (tertiary/aromatic N) is 1. The Morgan fingerprint density at radius 2 is 0.640 bits per heavy atom. The lowest BCUT2D eigenvalue weighted by atomic mass is 10.0. The number of nitrogens with one attached hydrogen (secondary N) is 1. The number of hydrogen-bond acceptors (Lipinski definition) is 9. The van der Waals surface area contributed by atoms with Crippen LogP contribution in [0.2, 0.25) is 0 Å². The topological polar surface area (TPSA) is 149 Å². The second-order valence-corrected chi connectivity index (χ2v) is 21.7. The molecule has 0 spiro atoms. The number of aliphatic carboxylic acids is 1. The zero-order valence-corrected chi connectivity index (χ0v) is 49.1. The van der Waals surface area contributed by atoms with Gasteiger partial charge in [-0.3, -0.25) is 28.9 Å². The number of carbonyl (C=O) groups is 5. The normalized spacial score (nSPS) is 11.9. The molecule has 0 aliphatic heterocycles. The third-order valence-corrected chi connectivity index (χ3v) is 14.0. The molecule has 0 fully saturated rings. The van der Waals surface area contributed by atoms with Crippen molar-refractivity contribution in [1.82, 2.24) is 10.2 Å². The van der Waals surface area contributed by atoms with Crippen LogP contribution in [0, 0.1) is 0 Å². The van der Waals surface area contributed by atoms with Crippen molar-refractivity contribution in [2.75, 3.05) is 40.0 Å². The van der Waals surface area contributed by atoms with Gasteiger partial charge in [0.15, 0.2) is 0 Å². The average Bonchev–Trinajstić information content (AvgIpc) is 3.39. The molecule has 11 nitrogen and oxygen atoms in total. The highest BCUT2D eigenvalue weighted by atomic mass is 16.6. The van der Waals surface area contributed by atoms with E-state index in [1.807, 2.05) is 0 Å². The molecule has 0 aliphatic rings. The Kier molecular flexibility index (Phi) is 52.7. The molecule has 0 saturated carbocycles. The fourth-order valence-electron chi connectivity index (χ4n) is 9.09. The summed E-state index contributed by atoms with van der Waals surface area (Å²) in [6.45, 7) is 5.59. The van der Waals surface area contributed by atoms with E-state index < -0.39 is 35.3 Å². The van der Waals surface area contributed by atoms with Crippen LogP contribution in [-0.4, -0.2) is 85.3 Å². The molecule has 0 heterocycles. The van der Waals surface area contributed by atoms with Crippen LogP contribution in [0.25, 0.3) is 0 Å². The average molecular weight is 1060 g/mol. The smallest absolute Gasteiger partial charge is 0.317 e. The van der Waals surface area contributed by atoms with Gasteiger partial charge in [-0.1, -0.05) is 211 Å². The second kappa shape index (κ2) is 55.3. The maximum atomic E-state index is 13.6. The molecule has 0 rings (SSSR count). The standard InChI is InChI=1S/C64H116N2O9/c1-5-8-11-14-17-20-23-26-29-32-35-38-41-44-47-50-61(70)73-56-64(65-59(67)53-54-66(4)55-60(68)69,57-74-62(71)51-48-45-42-39-36-33-30-27-24-21-18-15-12-9-6-2)58-75-63(72)52-49-46-43-40-37-34-31-28-25-22-19-16-13-10-7-3/h26-31H,5-25,32-58H2,1-4H3,(H,65,67)(H,68,69)/b29-26-,30-27-,31-28?. The molecule has 0 aromatic rings. The Morgan fingerprint density at radius 1 is 0.387 bits per heavy atom. The van der Waals surface area contributed by atoms with Crippen LogP contribution in [0.3, 0.4) is 0 Å². The number of amides is 1. The molecular weight excluding hydrogens is 941 g/mol. The molecule has 436 valence electrons. The number of esters is 3. The molecule has 0 aromatic carbocycles. The van der Waals surface area contributed by atoms with Crippen molar-refractivity contribution in [2.24, 2.45) is 0 Å². The molecular formula is C64H116N2O9. The zero-order chi connectivity index (χ0) is 55.0. The van der Waals surface area contributed by atoms with Gasteiger partial charge in [-0.25, -0.2) is 0 Å². The summed E-state index contributed by atoms with van der Waals surface area (Å²) in [6.07, 6.45) is 59.1. The van der Waals surface area contributed by atoms with Gasteiger partial charge in [0.05, 0.1) is 6.54 Å². The van der Waals surface area contributed by atoms with Crippen molar-refractivity contribution in [3.63, 3.8) is 0 Å². The van der Waals surface area contributed by atoms with Crippen molar-refractivity contribution in [3.05, 3.63) is 36.5 Å². The van der Waals surface area contributed by atoms with Crippen molar-refractivity contribution in [1.29, 1.82) is 0 Å². The molecule has 0 radical (unpaired) electrons. The predicted octanol–water partition coefficient (Wildman–Crippen LogP) is 17.0. The van der Waals surface area contributed by atoms with Crippen LogP contribution in [0.1, 0.15) is 297 Å². The van der Waals surface area contributed by atoms with E-state index in [0.717, 1.165) is 116 Å². The molecule has 0 aliphatic carbocycles. The molecule has 1 amide bonds. The summed E-state index contributed by atoms with van der Waals surface area (Å²) in [5, 5.41) is 12.2. The van der Waals surface area contributed by atoms with Gasteiger partial charge in [-0.2, -0.15) is 0 Å². The lowest BCUT2D eigenvalue weighted by Crippen LogP contribution is -2.59. The quantitative estimate of drug-likeness (QED) is 0.0261. The number of hydrogen-bond donors (Lipinski definition) is 2. The Labute approximate surface area is 460 Å². The first-order valence-corrected chi connectivity index (χ1v) is 31.2. The summed E-state index contributed by atoms with van der Waals surface area (Å²) in [4.78, 5) is 66.0. The van der Waals surface area contributed by atoms with E-state index in [-0.39, 0.29) is 58.6 Å². The summed E-state index contributed by atoms with van der Waals surface area (Å²) in [5.41, 5.74) is -1.53. The Hall–Kier alpha value is -3.47. The van der Waals surface area contributed by atoms with Gasteiger partial charge in [-0.05, 0) is 103 Å². The summed E-state index contributed by atoms with van der Waals surface area (Å²) in [6, 6.07) is 0. The monoisotopic (exact) mass is 1060 g/mol. The number of rotatable bonds is 57. The van der Waals surface area contributed by atoms with Gasteiger partial charge >= 0.3 is 23.9 Å². The molecule has 11 heteroatoms. The van der Waals surface area contributed by atoms with E-state index >= 15 is 0 Å². The molecule has 0 saturated heterocycles. The first-order chi connectivity index (χ1) is 36.6. The lowest BCUT2D eigenvalue weighted by Gasteiger charge is -2.33. The van der Waals surface area contributed by atoms with Crippen LogP contribution in [0.15, 0.2) is 36.5 Å². The van der Waals surface area contributed by atoms with E-state index in [4.69, 9.17) is 14.2 Å². The van der Waals surface area contributed by atoms with Crippen molar-refractivity contribution in [2.45, 2.75) is 302 Å². The van der Waals surface area contributed by atoms with Crippen molar-refractivity contribution >= 4 is 29.8 Å². The van der Waals surface area contributed by atoms with Crippen LogP contribution in [-0.2, 0) is 38.2 Å². The number of carboxylic acids is 1. The molecule has 75 heavy (non-hydrogen) atoms. The van der Waals surface area contributed by atoms with E-state index in [2.05, 4.69) is 62.5 Å². The van der Waals surface area contributed by atoms with Crippen LogP contribution >= 0.6 is 0 Å². The number of carboxylic acid groups (broad SMARTS) is 1. The fourth-order valence-corrected chi connectivity index (χ4v) is 9.09. The summed E-state index contributed by atoms with van der Waals surface area (Å²) in [5.74, 6) is -2.80. The highest BCUT2D eigenvalue weighted by Crippen LogP contribution is 2.17. The first-order valence-electron chi connectivity index (χ1n) is 31.2. The lowest BCUT2D eigenvalue weighted by molar-refractivity contribution is -0.159. The summed E-state index contributed by atoms with van der Waals surface area (Å²) in [7, 11) is 1.61. The van der Waals surface area contributed by atoms with Gasteiger partial charge < -0.3 is 24.6 Å². The number of carbonyl (C=O) groups excluding carboxylic acids is 4. The Balaban J connectivity index is 5.38. The predicted molar refractivity (Wildman–Crippen MR) is 312 cm³/mol. The highest BCUT2D eigenvalue weighted by Gasteiger charge is 2.37. The number of allylic oxidation sites excluding steroid dienone is 6. The van der Waals surface area contributed by atoms with E-state index in [9.17, 15) is 29.1 Å². The van der Waals surface area contributed by atoms with Crippen LogP contribution in [0.4, 0.5) is 0 Å². The Morgan fingerprint density at radius 3 is 0.907 bits per heavy atom. The zero-order valence-electron chi connectivity index (χ0n) is 49.1. The van der Waals surface area contributed by atoms with Gasteiger partial charge in [-0.15, -0.1) is 0 Å². The first kappa shape index (κ1) is 71.5. The van der Waals surface area contributed by atoms with E-state index in [1.165, 1.54) is 120 Å². The third kappa shape index (κ3) is 52.4. The summed E-state index contributed by atoms with van der Waals surface area (Å²) < 4.78 is 17.4. The fraction of sp³-hybridized carbons (Fsp3) is 0.828. The van der Waals surface area contributed by atoms with Crippen molar-refractivity contribution < 1.29 is 43.3 Å². The van der Waals surface area contributed by atoms with Gasteiger partial charge in [0.1, 0.15) is 25.4 Å². The van der Waals surface area contributed by atoms with Crippen LogP contribution in [0.5, 0.6) is 0 Å². The Bertz CT molecular complexity index is 1310. The SMILES string of the molecule is CCCCCCCCC=CCCCCCCCC(=O)OCC(COC(=O)CCCCCCC/C=C\CCCCCCCC)(COC(=O)CCCCCCC/C=C\CCCCCCCC)NC(=O)CCN(C)CC(=O)O.